The van der Waals surface area contributed by atoms with Gasteiger partial charge in [-0.25, -0.2) is 8.42 Å². The normalized spacial score (nSPS) is 17.8. The highest BCUT2D eigenvalue weighted by molar-refractivity contribution is 7.91. The van der Waals surface area contributed by atoms with Gasteiger partial charge in [0.05, 0.1) is 18.6 Å². The maximum atomic E-state index is 12.8. The second kappa shape index (κ2) is 9.10. The van der Waals surface area contributed by atoms with Crippen LogP contribution >= 0.6 is 0 Å². The van der Waals surface area contributed by atoms with Crippen molar-refractivity contribution in [2.45, 2.75) is 18.9 Å². The molecule has 0 spiro atoms. The summed E-state index contributed by atoms with van der Waals surface area (Å²) in [4.78, 5) is 14.5. The van der Waals surface area contributed by atoms with Crippen LogP contribution in [0.2, 0.25) is 0 Å². The lowest BCUT2D eigenvalue weighted by molar-refractivity contribution is -0.135. The first-order valence-corrected chi connectivity index (χ1v) is 11.1. The van der Waals surface area contributed by atoms with Gasteiger partial charge in [0.1, 0.15) is 11.5 Å². The Labute approximate surface area is 166 Å². The van der Waals surface area contributed by atoms with Crippen LogP contribution < -0.4 is 9.47 Å². The zero-order chi connectivity index (χ0) is 20.0. The smallest absolute Gasteiger partial charge is 0.260 e. The number of benzene rings is 2. The van der Waals surface area contributed by atoms with Crippen molar-refractivity contribution in [2.24, 2.45) is 0 Å². The number of amides is 1. The fourth-order valence-corrected chi connectivity index (χ4v) is 5.06. The summed E-state index contributed by atoms with van der Waals surface area (Å²) in [6.07, 6.45) is 1.15. The van der Waals surface area contributed by atoms with Crippen molar-refractivity contribution in [3.8, 4) is 11.5 Å². The average molecular weight is 404 g/mol. The average Bonchev–Trinajstić information content (AvgIpc) is 3.07. The quantitative estimate of drug-likeness (QED) is 0.676. The van der Waals surface area contributed by atoms with Crippen molar-refractivity contribution in [1.82, 2.24) is 4.90 Å². The van der Waals surface area contributed by atoms with E-state index in [4.69, 9.17) is 9.47 Å². The zero-order valence-corrected chi connectivity index (χ0v) is 16.7. The minimum Gasteiger partial charge on any atom is -0.497 e. The fourth-order valence-electron chi connectivity index (χ4n) is 3.33. The first-order chi connectivity index (χ1) is 13.5. The summed E-state index contributed by atoms with van der Waals surface area (Å²) < 4.78 is 34.5. The Balaban J connectivity index is 1.65. The summed E-state index contributed by atoms with van der Waals surface area (Å²) >= 11 is 0. The van der Waals surface area contributed by atoms with E-state index in [1.54, 1.807) is 36.3 Å². The Morgan fingerprint density at radius 3 is 2.36 bits per heavy atom. The molecule has 0 aromatic heterocycles. The molecule has 150 valence electrons. The first-order valence-electron chi connectivity index (χ1n) is 9.27. The van der Waals surface area contributed by atoms with Gasteiger partial charge in [0, 0.05) is 12.6 Å². The van der Waals surface area contributed by atoms with Crippen molar-refractivity contribution in [2.75, 3.05) is 31.8 Å². The number of carbonyl (C=O) groups is 1. The Kier molecular flexibility index (Phi) is 6.57. The number of nitrogens with zero attached hydrogens (tertiary/aromatic N) is 1. The molecule has 2 aromatic rings. The van der Waals surface area contributed by atoms with Crippen molar-refractivity contribution < 1.29 is 22.7 Å². The Bertz CT molecular complexity index is 881. The van der Waals surface area contributed by atoms with Gasteiger partial charge >= 0.3 is 0 Å². The molecule has 0 N–H and O–H groups in total. The third-order valence-corrected chi connectivity index (χ3v) is 6.63. The molecular weight excluding hydrogens is 378 g/mol. The van der Waals surface area contributed by atoms with E-state index >= 15 is 0 Å². The fraction of sp³-hybridized carbons (Fsp3) is 0.381. The topological polar surface area (TPSA) is 72.9 Å². The van der Waals surface area contributed by atoms with Crippen LogP contribution in [-0.4, -0.2) is 57.0 Å². The van der Waals surface area contributed by atoms with Gasteiger partial charge in [-0.1, -0.05) is 30.3 Å². The molecule has 7 heteroatoms. The van der Waals surface area contributed by atoms with Gasteiger partial charge in [-0.15, -0.1) is 0 Å². The summed E-state index contributed by atoms with van der Waals surface area (Å²) in [5.74, 6) is 1.23. The van der Waals surface area contributed by atoms with Crippen molar-refractivity contribution in [3.05, 3.63) is 60.2 Å². The monoisotopic (exact) mass is 403 g/mol. The van der Waals surface area contributed by atoms with E-state index in [0.29, 0.717) is 30.9 Å². The van der Waals surface area contributed by atoms with E-state index in [1.165, 1.54) is 0 Å². The summed E-state index contributed by atoms with van der Waals surface area (Å²) in [5.41, 5.74) is 1.11. The maximum Gasteiger partial charge on any atom is 0.260 e. The van der Waals surface area contributed by atoms with Crippen molar-refractivity contribution in [3.63, 3.8) is 0 Å². The lowest BCUT2D eigenvalue weighted by Gasteiger charge is -2.28. The highest BCUT2D eigenvalue weighted by Crippen LogP contribution is 2.20. The predicted molar refractivity (Wildman–Crippen MR) is 107 cm³/mol. The molecule has 1 aliphatic heterocycles. The van der Waals surface area contributed by atoms with Gasteiger partial charge < -0.3 is 14.4 Å². The van der Waals surface area contributed by atoms with Gasteiger partial charge in [-0.2, -0.15) is 0 Å². The SMILES string of the molecule is COc1ccc(OCC(=O)N(CCc2ccccc2)[C@H]2CCS(=O)(=O)C2)cc1. The van der Waals surface area contributed by atoms with E-state index in [1.807, 2.05) is 30.3 Å². The van der Waals surface area contributed by atoms with Crippen LogP contribution in [0.4, 0.5) is 0 Å². The van der Waals surface area contributed by atoms with Crippen LogP contribution in [0.1, 0.15) is 12.0 Å². The first kappa shape index (κ1) is 20.2. The maximum absolute atomic E-state index is 12.8. The van der Waals surface area contributed by atoms with E-state index < -0.39 is 9.84 Å². The number of rotatable bonds is 8. The highest BCUT2D eigenvalue weighted by Gasteiger charge is 2.34. The Morgan fingerprint density at radius 2 is 1.75 bits per heavy atom. The lowest BCUT2D eigenvalue weighted by Crippen LogP contribution is -2.44. The van der Waals surface area contributed by atoms with E-state index in [-0.39, 0.29) is 30.1 Å². The summed E-state index contributed by atoms with van der Waals surface area (Å²) in [6.45, 7) is 0.340. The van der Waals surface area contributed by atoms with Gasteiger partial charge in [-0.3, -0.25) is 4.79 Å². The van der Waals surface area contributed by atoms with E-state index in [9.17, 15) is 13.2 Å². The highest BCUT2D eigenvalue weighted by atomic mass is 32.2. The summed E-state index contributed by atoms with van der Waals surface area (Å²) in [6, 6.07) is 16.6. The van der Waals surface area contributed by atoms with Crippen LogP contribution in [0.5, 0.6) is 11.5 Å². The zero-order valence-electron chi connectivity index (χ0n) is 15.9. The number of carbonyl (C=O) groups excluding carboxylic acids is 1. The molecule has 1 heterocycles. The third-order valence-electron chi connectivity index (χ3n) is 4.88. The summed E-state index contributed by atoms with van der Waals surface area (Å²) in [7, 11) is -1.50. The van der Waals surface area contributed by atoms with Crippen LogP contribution in [-0.2, 0) is 21.1 Å². The molecule has 6 nitrogen and oxygen atoms in total. The number of hydrogen-bond acceptors (Lipinski definition) is 5. The molecule has 1 saturated heterocycles. The van der Waals surface area contributed by atoms with Crippen molar-refractivity contribution in [1.29, 1.82) is 0 Å². The Morgan fingerprint density at radius 1 is 1.07 bits per heavy atom. The minimum absolute atomic E-state index is 0.0239. The molecular formula is C21H25NO5S. The van der Waals surface area contributed by atoms with E-state index in [0.717, 1.165) is 5.56 Å². The molecule has 1 atom stereocenters. The molecule has 3 rings (SSSR count). The molecule has 0 aliphatic carbocycles. The van der Waals surface area contributed by atoms with Gasteiger partial charge in [0.15, 0.2) is 16.4 Å². The number of hydrogen-bond donors (Lipinski definition) is 0. The molecule has 1 aliphatic rings. The Hall–Kier alpha value is -2.54. The second-order valence-electron chi connectivity index (χ2n) is 6.84. The van der Waals surface area contributed by atoms with Crippen molar-refractivity contribution >= 4 is 15.7 Å². The number of ether oxygens (including phenoxy) is 2. The van der Waals surface area contributed by atoms with Gasteiger partial charge in [-0.05, 0) is 42.7 Å². The molecule has 0 unspecified atom stereocenters. The third kappa shape index (κ3) is 5.48. The van der Waals surface area contributed by atoms with Gasteiger partial charge in [0.2, 0.25) is 0 Å². The second-order valence-corrected chi connectivity index (χ2v) is 9.07. The molecule has 0 saturated carbocycles. The summed E-state index contributed by atoms with van der Waals surface area (Å²) in [5, 5.41) is 0. The van der Waals surface area contributed by atoms with Crippen LogP contribution in [0.15, 0.2) is 54.6 Å². The molecule has 0 bridgehead atoms. The molecule has 28 heavy (non-hydrogen) atoms. The largest absolute Gasteiger partial charge is 0.497 e. The van der Waals surface area contributed by atoms with Crippen LogP contribution in [0.25, 0.3) is 0 Å². The molecule has 1 amide bonds. The lowest BCUT2D eigenvalue weighted by atomic mass is 10.1. The van der Waals surface area contributed by atoms with Crippen LogP contribution in [0.3, 0.4) is 0 Å². The molecule has 2 aromatic carbocycles. The standard InChI is InChI=1S/C21H25NO5S/c1-26-19-7-9-20(10-8-19)27-15-21(23)22(18-12-14-28(24,25)16-18)13-11-17-5-3-2-4-6-17/h2-10,18H,11-16H2,1H3/t18-/m0/s1. The molecule has 0 radical (unpaired) electrons. The van der Waals surface area contributed by atoms with Crippen LogP contribution in [0, 0.1) is 0 Å². The number of sulfone groups is 1. The minimum atomic E-state index is -3.08. The van der Waals surface area contributed by atoms with E-state index in [2.05, 4.69) is 0 Å². The molecule has 1 fully saturated rings. The van der Waals surface area contributed by atoms with Gasteiger partial charge in [0.25, 0.3) is 5.91 Å². The number of methoxy groups -OCH3 is 1. The predicted octanol–water partition coefficient (Wildman–Crippen LogP) is 2.33.